The summed E-state index contributed by atoms with van der Waals surface area (Å²) in [6, 6.07) is 10.3. The summed E-state index contributed by atoms with van der Waals surface area (Å²) in [5.41, 5.74) is 2.68. The molecule has 0 aliphatic carbocycles. The molecule has 0 saturated carbocycles. The van der Waals surface area contributed by atoms with Crippen LogP contribution in [0.2, 0.25) is 10.0 Å². The third-order valence-electron chi connectivity index (χ3n) is 5.15. The van der Waals surface area contributed by atoms with Gasteiger partial charge in [-0.3, -0.25) is 4.79 Å². The normalized spacial score (nSPS) is 20.2. The third kappa shape index (κ3) is 2.97. The Balaban J connectivity index is 2.04. The molecule has 1 aliphatic rings. The number of urea groups is 1. The number of imide groups is 1. The lowest BCUT2D eigenvalue weighted by Crippen LogP contribution is -2.47. The number of hydrogen-bond acceptors (Lipinski definition) is 2. The fourth-order valence-corrected chi connectivity index (χ4v) is 3.91. The number of aryl methyl sites for hydroxylation is 2. The van der Waals surface area contributed by atoms with Crippen LogP contribution in [0, 0.1) is 13.8 Å². The van der Waals surface area contributed by atoms with Crippen LogP contribution in [0.4, 0.5) is 10.5 Å². The first-order valence-electron chi connectivity index (χ1n) is 8.28. The molecule has 0 spiro atoms. The Kier molecular flexibility index (Phi) is 4.76. The van der Waals surface area contributed by atoms with Crippen molar-refractivity contribution >= 4 is 40.8 Å². The van der Waals surface area contributed by atoms with Gasteiger partial charge in [-0.25, -0.2) is 9.69 Å². The number of likely N-dealkylation sites (N-methyl/N-ethyl adjacent to an activating group) is 1. The van der Waals surface area contributed by atoms with Crippen LogP contribution in [-0.4, -0.2) is 29.4 Å². The van der Waals surface area contributed by atoms with Gasteiger partial charge in [0.05, 0.1) is 5.69 Å². The standard InChI is InChI=1S/C20H20Cl2N2O2/c1-12-6-5-7-13(2)17(12)11-20(3)18(25)24(19(26)23(20)4)16-9-14(21)8-15(22)10-16/h5-10H,11H2,1-4H3. The molecule has 1 aliphatic heterocycles. The minimum atomic E-state index is -0.983. The second-order valence-corrected chi connectivity index (χ2v) is 7.80. The summed E-state index contributed by atoms with van der Waals surface area (Å²) in [4.78, 5) is 28.8. The largest absolute Gasteiger partial charge is 0.332 e. The van der Waals surface area contributed by atoms with E-state index >= 15 is 0 Å². The van der Waals surface area contributed by atoms with Crippen LogP contribution in [0.1, 0.15) is 23.6 Å². The average molecular weight is 391 g/mol. The maximum Gasteiger partial charge on any atom is 0.332 e. The topological polar surface area (TPSA) is 40.6 Å². The Hall–Kier alpha value is -2.04. The molecule has 1 unspecified atom stereocenters. The Bertz CT molecular complexity index is 872. The molecule has 136 valence electrons. The van der Waals surface area contributed by atoms with E-state index in [0.29, 0.717) is 22.2 Å². The summed E-state index contributed by atoms with van der Waals surface area (Å²) < 4.78 is 0. The van der Waals surface area contributed by atoms with E-state index < -0.39 is 5.54 Å². The molecule has 3 amide bonds. The molecule has 0 N–H and O–H groups in total. The summed E-state index contributed by atoms with van der Waals surface area (Å²) in [6.45, 7) is 5.83. The van der Waals surface area contributed by atoms with Crippen molar-refractivity contribution in [3.05, 3.63) is 63.1 Å². The van der Waals surface area contributed by atoms with E-state index in [1.807, 2.05) is 32.0 Å². The number of nitrogens with zero attached hydrogens (tertiary/aromatic N) is 2. The van der Waals surface area contributed by atoms with Gasteiger partial charge < -0.3 is 4.90 Å². The second kappa shape index (κ2) is 6.60. The molecular weight excluding hydrogens is 371 g/mol. The van der Waals surface area contributed by atoms with Crippen LogP contribution >= 0.6 is 23.2 Å². The lowest BCUT2D eigenvalue weighted by Gasteiger charge is -2.29. The Morgan fingerprint density at radius 1 is 1.00 bits per heavy atom. The summed E-state index contributed by atoms with van der Waals surface area (Å²) in [5.74, 6) is -0.286. The number of amides is 3. The van der Waals surface area contributed by atoms with Crippen molar-refractivity contribution in [2.45, 2.75) is 32.7 Å². The molecule has 0 radical (unpaired) electrons. The van der Waals surface area contributed by atoms with Gasteiger partial charge in [-0.05, 0) is 55.7 Å². The van der Waals surface area contributed by atoms with E-state index in [4.69, 9.17) is 23.2 Å². The van der Waals surface area contributed by atoms with Crippen molar-refractivity contribution in [2.75, 3.05) is 11.9 Å². The fourth-order valence-electron chi connectivity index (χ4n) is 3.39. The van der Waals surface area contributed by atoms with Crippen molar-refractivity contribution in [1.29, 1.82) is 0 Å². The molecule has 1 atom stereocenters. The van der Waals surface area contributed by atoms with Crippen LogP contribution in [-0.2, 0) is 11.2 Å². The zero-order valence-electron chi connectivity index (χ0n) is 15.1. The number of benzene rings is 2. The molecule has 2 aromatic carbocycles. The minimum Gasteiger partial charge on any atom is -0.312 e. The molecule has 1 fully saturated rings. The van der Waals surface area contributed by atoms with Crippen molar-refractivity contribution < 1.29 is 9.59 Å². The van der Waals surface area contributed by atoms with Crippen LogP contribution in [0.5, 0.6) is 0 Å². The highest BCUT2D eigenvalue weighted by Gasteiger charge is 2.53. The summed E-state index contributed by atoms with van der Waals surface area (Å²) in [7, 11) is 1.65. The van der Waals surface area contributed by atoms with Gasteiger partial charge in [0.2, 0.25) is 0 Å². The predicted molar refractivity (Wildman–Crippen MR) is 105 cm³/mol. The highest BCUT2D eigenvalue weighted by molar-refractivity contribution is 6.35. The maximum atomic E-state index is 13.3. The Morgan fingerprint density at radius 3 is 2.08 bits per heavy atom. The zero-order chi connectivity index (χ0) is 19.2. The van der Waals surface area contributed by atoms with Gasteiger partial charge in [-0.1, -0.05) is 41.4 Å². The van der Waals surface area contributed by atoms with Crippen molar-refractivity contribution in [1.82, 2.24) is 4.90 Å². The lowest BCUT2D eigenvalue weighted by atomic mass is 9.87. The first kappa shape index (κ1) is 18.7. The van der Waals surface area contributed by atoms with Crippen LogP contribution in [0.3, 0.4) is 0 Å². The monoisotopic (exact) mass is 390 g/mol. The van der Waals surface area contributed by atoms with Gasteiger partial charge in [-0.2, -0.15) is 0 Å². The number of hydrogen-bond donors (Lipinski definition) is 0. The fraction of sp³-hybridized carbons (Fsp3) is 0.300. The number of anilines is 1. The number of rotatable bonds is 3. The molecule has 26 heavy (non-hydrogen) atoms. The molecule has 1 heterocycles. The van der Waals surface area contributed by atoms with Crippen molar-refractivity contribution in [3.8, 4) is 0 Å². The molecule has 0 aromatic heterocycles. The number of halogens is 2. The van der Waals surface area contributed by atoms with E-state index in [1.54, 1.807) is 32.2 Å². The number of carbonyl (C=O) groups excluding carboxylic acids is 2. The quantitative estimate of drug-likeness (QED) is 0.690. The van der Waals surface area contributed by atoms with Gasteiger partial charge in [0.1, 0.15) is 5.54 Å². The minimum absolute atomic E-state index is 0.286. The average Bonchev–Trinajstić information content (AvgIpc) is 2.71. The highest BCUT2D eigenvalue weighted by Crippen LogP contribution is 2.36. The van der Waals surface area contributed by atoms with Crippen molar-refractivity contribution in [2.24, 2.45) is 0 Å². The molecular formula is C20H20Cl2N2O2. The first-order chi connectivity index (χ1) is 12.1. The van der Waals surface area contributed by atoms with Gasteiger partial charge in [0, 0.05) is 23.5 Å². The lowest BCUT2D eigenvalue weighted by molar-refractivity contribution is -0.123. The van der Waals surface area contributed by atoms with E-state index in [-0.39, 0.29) is 11.9 Å². The Morgan fingerprint density at radius 2 is 1.54 bits per heavy atom. The van der Waals surface area contributed by atoms with Gasteiger partial charge in [0.25, 0.3) is 5.91 Å². The van der Waals surface area contributed by atoms with E-state index in [9.17, 15) is 9.59 Å². The smallest absolute Gasteiger partial charge is 0.312 e. The Labute approximate surface area is 163 Å². The third-order valence-corrected chi connectivity index (χ3v) is 5.59. The van der Waals surface area contributed by atoms with Gasteiger partial charge >= 0.3 is 6.03 Å². The van der Waals surface area contributed by atoms with E-state index in [0.717, 1.165) is 21.6 Å². The summed E-state index contributed by atoms with van der Waals surface area (Å²) >= 11 is 12.1. The molecule has 6 heteroatoms. The zero-order valence-corrected chi connectivity index (χ0v) is 16.6. The molecule has 1 saturated heterocycles. The summed E-state index contributed by atoms with van der Waals surface area (Å²) in [6.07, 6.45) is 0.442. The second-order valence-electron chi connectivity index (χ2n) is 6.93. The molecule has 4 nitrogen and oxygen atoms in total. The molecule has 0 bridgehead atoms. The van der Waals surface area contributed by atoms with Gasteiger partial charge in [-0.15, -0.1) is 0 Å². The van der Waals surface area contributed by atoms with Crippen LogP contribution < -0.4 is 4.90 Å². The maximum absolute atomic E-state index is 13.3. The molecule has 3 rings (SSSR count). The van der Waals surface area contributed by atoms with E-state index in [1.165, 1.54) is 4.90 Å². The molecule has 2 aromatic rings. The summed E-state index contributed by atoms with van der Waals surface area (Å²) in [5, 5.41) is 0.748. The number of carbonyl (C=O) groups is 2. The van der Waals surface area contributed by atoms with Gasteiger partial charge in [0.15, 0.2) is 0 Å². The highest BCUT2D eigenvalue weighted by atomic mass is 35.5. The first-order valence-corrected chi connectivity index (χ1v) is 9.04. The SMILES string of the molecule is Cc1cccc(C)c1CC1(C)C(=O)N(c2cc(Cl)cc(Cl)c2)C(=O)N1C. The van der Waals surface area contributed by atoms with Crippen molar-refractivity contribution in [3.63, 3.8) is 0 Å². The van der Waals surface area contributed by atoms with Crippen LogP contribution in [0.25, 0.3) is 0 Å². The van der Waals surface area contributed by atoms with Crippen LogP contribution in [0.15, 0.2) is 36.4 Å². The van der Waals surface area contributed by atoms with E-state index in [2.05, 4.69) is 0 Å². The predicted octanol–water partition coefficient (Wildman–Crippen LogP) is 5.01.